The fourth-order valence-corrected chi connectivity index (χ4v) is 4.54. The number of halogens is 2. The van der Waals surface area contributed by atoms with Crippen molar-refractivity contribution in [2.45, 2.75) is 6.54 Å². The van der Waals surface area contributed by atoms with Crippen LogP contribution in [0.25, 0.3) is 32.9 Å². The number of primary amides is 1. The number of carbonyl (C=O) groups excluding carboxylic acids is 1. The zero-order chi connectivity index (χ0) is 21.5. The van der Waals surface area contributed by atoms with Crippen LogP contribution in [-0.2, 0) is 6.54 Å². The van der Waals surface area contributed by atoms with Gasteiger partial charge in [-0.05, 0) is 53.1 Å². The van der Waals surface area contributed by atoms with Gasteiger partial charge in [0.15, 0.2) is 0 Å². The van der Waals surface area contributed by atoms with Crippen LogP contribution < -0.4 is 5.73 Å². The van der Waals surface area contributed by atoms with Crippen LogP contribution in [0, 0.1) is 0 Å². The molecule has 3 nitrogen and oxygen atoms in total. The first-order chi connectivity index (χ1) is 15.0. The van der Waals surface area contributed by atoms with Gasteiger partial charge in [-0.2, -0.15) is 0 Å². The normalized spacial score (nSPS) is 11.3. The lowest BCUT2D eigenvalue weighted by molar-refractivity contribution is 0.100. The summed E-state index contributed by atoms with van der Waals surface area (Å²) in [4.78, 5) is 12.2. The molecule has 0 spiro atoms. The van der Waals surface area contributed by atoms with Gasteiger partial charge in [0.1, 0.15) is 0 Å². The third kappa shape index (κ3) is 3.46. The topological polar surface area (TPSA) is 48.0 Å². The second-order valence-corrected chi connectivity index (χ2v) is 8.33. The Labute approximate surface area is 189 Å². The Morgan fingerprint density at radius 2 is 1.61 bits per heavy atom. The molecule has 0 radical (unpaired) electrons. The first-order valence-electron chi connectivity index (χ1n) is 9.87. The molecular formula is C26H18Cl2N2O. The molecule has 152 valence electrons. The van der Waals surface area contributed by atoms with Crippen molar-refractivity contribution in [3.05, 3.63) is 106 Å². The zero-order valence-corrected chi connectivity index (χ0v) is 18.0. The summed E-state index contributed by atoms with van der Waals surface area (Å²) in [6.45, 7) is 0.514. The van der Waals surface area contributed by atoms with Gasteiger partial charge in [0.25, 0.3) is 0 Å². The molecule has 1 heterocycles. The van der Waals surface area contributed by atoms with E-state index in [-0.39, 0.29) is 0 Å². The van der Waals surface area contributed by atoms with Crippen LogP contribution in [0.1, 0.15) is 15.9 Å². The fraction of sp³-hybridized carbons (Fsp3) is 0.0385. The largest absolute Gasteiger partial charge is 0.366 e. The molecule has 0 unspecified atom stereocenters. The molecule has 0 saturated heterocycles. The van der Waals surface area contributed by atoms with E-state index in [1.807, 2.05) is 36.4 Å². The lowest BCUT2D eigenvalue weighted by atomic mass is 10.0. The van der Waals surface area contributed by atoms with Crippen molar-refractivity contribution in [3.63, 3.8) is 0 Å². The Bertz CT molecular complexity index is 1460. The second kappa shape index (κ2) is 7.77. The van der Waals surface area contributed by atoms with Crippen molar-refractivity contribution in [1.29, 1.82) is 0 Å². The maximum atomic E-state index is 12.2. The van der Waals surface area contributed by atoms with E-state index in [9.17, 15) is 4.79 Å². The molecule has 2 N–H and O–H groups in total. The lowest BCUT2D eigenvalue weighted by Crippen LogP contribution is -2.11. The molecule has 0 atom stereocenters. The van der Waals surface area contributed by atoms with Crippen molar-refractivity contribution in [3.8, 4) is 11.1 Å². The second-order valence-electron chi connectivity index (χ2n) is 7.48. The molecule has 0 aliphatic carbocycles. The van der Waals surface area contributed by atoms with Crippen LogP contribution in [0.15, 0.2) is 84.9 Å². The minimum absolute atomic E-state index is 0.447. The highest BCUT2D eigenvalue weighted by Crippen LogP contribution is 2.35. The quantitative estimate of drug-likeness (QED) is 0.321. The molecule has 4 aromatic carbocycles. The van der Waals surface area contributed by atoms with Gasteiger partial charge in [0, 0.05) is 32.9 Å². The SMILES string of the molecule is NC(=O)c1cccc2c1c1ccc(-c3ccccc3)cc1n2Cc1cc(Cl)ccc1Cl. The number of rotatable bonds is 4. The molecule has 0 bridgehead atoms. The van der Waals surface area contributed by atoms with Gasteiger partial charge < -0.3 is 10.3 Å². The summed E-state index contributed by atoms with van der Waals surface area (Å²) in [5, 5.41) is 3.10. The van der Waals surface area contributed by atoms with Gasteiger partial charge in [0.2, 0.25) is 5.91 Å². The molecule has 5 heteroatoms. The van der Waals surface area contributed by atoms with Crippen LogP contribution in [0.5, 0.6) is 0 Å². The predicted octanol–water partition coefficient (Wildman–Crippen LogP) is 6.92. The summed E-state index contributed by atoms with van der Waals surface area (Å²) in [6.07, 6.45) is 0. The number of nitrogens with two attached hydrogens (primary N) is 1. The number of benzene rings is 4. The predicted molar refractivity (Wildman–Crippen MR) is 129 cm³/mol. The summed E-state index contributed by atoms with van der Waals surface area (Å²) >= 11 is 12.7. The zero-order valence-electron chi connectivity index (χ0n) is 16.5. The van der Waals surface area contributed by atoms with E-state index < -0.39 is 5.91 Å². The van der Waals surface area contributed by atoms with E-state index >= 15 is 0 Å². The first-order valence-corrected chi connectivity index (χ1v) is 10.6. The van der Waals surface area contributed by atoms with Crippen LogP contribution in [0.2, 0.25) is 10.0 Å². The average molecular weight is 445 g/mol. The van der Waals surface area contributed by atoms with E-state index in [4.69, 9.17) is 28.9 Å². The van der Waals surface area contributed by atoms with Crippen LogP contribution >= 0.6 is 23.2 Å². The van der Waals surface area contributed by atoms with Crippen LogP contribution in [0.3, 0.4) is 0 Å². The van der Waals surface area contributed by atoms with E-state index in [1.54, 1.807) is 18.2 Å². The number of hydrogen-bond donors (Lipinski definition) is 1. The maximum absolute atomic E-state index is 12.2. The molecule has 5 aromatic rings. The van der Waals surface area contributed by atoms with Crippen molar-refractivity contribution in [2.24, 2.45) is 5.73 Å². The van der Waals surface area contributed by atoms with Gasteiger partial charge in [-0.1, -0.05) is 71.7 Å². The molecule has 31 heavy (non-hydrogen) atoms. The van der Waals surface area contributed by atoms with Crippen molar-refractivity contribution >= 4 is 50.9 Å². The summed E-state index contributed by atoms with van der Waals surface area (Å²) in [5.74, 6) is -0.447. The number of fused-ring (bicyclic) bond motifs is 3. The number of amides is 1. The molecule has 5 rings (SSSR count). The molecule has 1 amide bonds. The Kier molecular flexibility index (Phi) is 4.93. The van der Waals surface area contributed by atoms with E-state index in [0.29, 0.717) is 22.2 Å². The molecule has 0 fully saturated rings. The van der Waals surface area contributed by atoms with Gasteiger partial charge >= 0.3 is 0 Å². The van der Waals surface area contributed by atoms with Crippen LogP contribution in [0.4, 0.5) is 0 Å². The fourth-order valence-electron chi connectivity index (χ4n) is 4.16. The first kappa shape index (κ1) is 19.7. The molecule has 0 saturated carbocycles. The molecule has 0 aliphatic heterocycles. The van der Waals surface area contributed by atoms with Gasteiger partial charge in [-0.15, -0.1) is 0 Å². The Balaban J connectivity index is 1.82. The molecular weight excluding hydrogens is 427 g/mol. The highest BCUT2D eigenvalue weighted by Gasteiger charge is 2.18. The molecule has 1 aromatic heterocycles. The summed E-state index contributed by atoms with van der Waals surface area (Å²) in [6, 6.07) is 27.6. The standard InChI is InChI=1S/C26H18Cl2N2O/c27-19-10-12-22(28)18(13-19)15-30-23-8-4-7-21(26(29)31)25(23)20-11-9-17(14-24(20)30)16-5-2-1-3-6-16/h1-14H,15H2,(H2,29,31). The smallest absolute Gasteiger partial charge is 0.249 e. The number of hydrogen-bond acceptors (Lipinski definition) is 1. The maximum Gasteiger partial charge on any atom is 0.249 e. The summed E-state index contributed by atoms with van der Waals surface area (Å²) in [5.41, 5.74) is 11.3. The van der Waals surface area contributed by atoms with Crippen LogP contribution in [-0.4, -0.2) is 10.5 Å². The Hall–Kier alpha value is -3.27. The van der Waals surface area contributed by atoms with E-state index in [1.165, 1.54) is 0 Å². The number of nitrogens with zero attached hydrogens (tertiary/aromatic N) is 1. The monoisotopic (exact) mass is 444 g/mol. The summed E-state index contributed by atoms with van der Waals surface area (Å²) < 4.78 is 2.17. The third-order valence-electron chi connectivity index (χ3n) is 5.60. The summed E-state index contributed by atoms with van der Waals surface area (Å²) in [7, 11) is 0. The van der Waals surface area contributed by atoms with E-state index in [2.05, 4.69) is 34.9 Å². The Morgan fingerprint density at radius 1 is 0.806 bits per heavy atom. The minimum Gasteiger partial charge on any atom is -0.366 e. The number of carbonyl (C=O) groups is 1. The van der Waals surface area contributed by atoms with Gasteiger partial charge in [-0.3, -0.25) is 4.79 Å². The van der Waals surface area contributed by atoms with Crippen molar-refractivity contribution in [1.82, 2.24) is 4.57 Å². The number of aromatic nitrogens is 1. The average Bonchev–Trinajstić information content (AvgIpc) is 3.10. The highest BCUT2D eigenvalue weighted by molar-refractivity contribution is 6.33. The van der Waals surface area contributed by atoms with Crippen molar-refractivity contribution in [2.75, 3.05) is 0 Å². The third-order valence-corrected chi connectivity index (χ3v) is 6.20. The lowest BCUT2D eigenvalue weighted by Gasteiger charge is -2.11. The minimum atomic E-state index is -0.447. The Morgan fingerprint density at radius 3 is 2.39 bits per heavy atom. The van der Waals surface area contributed by atoms with E-state index in [0.717, 1.165) is 38.5 Å². The van der Waals surface area contributed by atoms with Gasteiger partial charge in [0.05, 0.1) is 11.0 Å². The van der Waals surface area contributed by atoms with Gasteiger partial charge in [-0.25, -0.2) is 0 Å². The highest BCUT2D eigenvalue weighted by atomic mass is 35.5. The molecule has 0 aliphatic rings. The van der Waals surface area contributed by atoms with Crippen molar-refractivity contribution < 1.29 is 4.79 Å².